The molecule has 0 spiro atoms. The first-order valence-electron chi connectivity index (χ1n) is 9.22. The predicted octanol–water partition coefficient (Wildman–Crippen LogP) is 6.24. The van der Waals surface area contributed by atoms with Crippen molar-refractivity contribution in [1.82, 2.24) is 0 Å². The van der Waals surface area contributed by atoms with E-state index in [1.165, 1.54) is 43.3 Å². The van der Waals surface area contributed by atoms with E-state index in [1.54, 1.807) is 18.2 Å². The average Bonchev–Trinajstić information content (AvgIpc) is 2.78. The van der Waals surface area contributed by atoms with Crippen LogP contribution in [0.4, 0.5) is 11.4 Å². The number of nitrogens with one attached hydrogen (secondary N) is 1. The molecule has 0 aliphatic carbocycles. The molecule has 0 radical (unpaired) electrons. The second-order valence-corrected chi connectivity index (χ2v) is 7.38. The van der Waals surface area contributed by atoms with E-state index in [1.807, 2.05) is 31.2 Å². The third-order valence-electron chi connectivity index (χ3n) is 4.35. The van der Waals surface area contributed by atoms with Crippen LogP contribution in [-0.2, 0) is 4.74 Å². The summed E-state index contributed by atoms with van der Waals surface area (Å²) in [5, 5.41) is 11.1. The number of nitro groups is 1. The highest BCUT2D eigenvalue weighted by Gasteiger charge is 2.16. The average molecular weight is 436 g/mol. The van der Waals surface area contributed by atoms with Crippen molar-refractivity contribution >= 4 is 35.4 Å². The minimum Gasteiger partial charge on any atom is -0.465 e. The molecular weight excluding hydrogens is 416 g/mol. The van der Waals surface area contributed by atoms with Gasteiger partial charge in [0.15, 0.2) is 0 Å². The van der Waals surface area contributed by atoms with Gasteiger partial charge in [-0.15, -0.1) is 0 Å². The second-order valence-electron chi connectivity index (χ2n) is 6.50. The first-order valence-corrected chi connectivity index (χ1v) is 10.0. The second kappa shape index (κ2) is 9.82. The van der Waals surface area contributed by atoms with Crippen molar-refractivity contribution in [3.8, 4) is 11.5 Å². The minimum absolute atomic E-state index is 0.0646. The topological polar surface area (TPSA) is 90.7 Å². The van der Waals surface area contributed by atoms with Gasteiger partial charge < -0.3 is 14.2 Å². The summed E-state index contributed by atoms with van der Waals surface area (Å²) < 4.78 is 13.9. The summed E-state index contributed by atoms with van der Waals surface area (Å²) in [5.41, 5.74) is 2.30. The van der Waals surface area contributed by atoms with Crippen LogP contribution in [0.1, 0.15) is 21.5 Å². The third kappa shape index (κ3) is 5.43. The number of nitro benzene ring substituents is 1. The zero-order valence-corrected chi connectivity index (χ0v) is 17.8. The van der Waals surface area contributed by atoms with Crippen LogP contribution >= 0.6 is 11.9 Å². The Kier molecular flexibility index (Phi) is 6.94. The number of benzene rings is 3. The van der Waals surface area contributed by atoms with Crippen molar-refractivity contribution in [3.63, 3.8) is 0 Å². The highest BCUT2D eigenvalue weighted by atomic mass is 32.2. The lowest BCUT2D eigenvalue weighted by Crippen LogP contribution is -2.05. The van der Waals surface area contributed by atoms with Crippen molar-refractivity contribution < 1.29 is 19.2 Å². The summed E-state index contributed by atoms with van der Waals surface area (Å²) in [4.78, 5) is 23.9. The number of esters is 1. The van der Waals surface area contributed by atoms with Gasteiger partial charge in [-0.25, -0.2) is 4.79 Å². The number of hydrogen-bond acceptors (Lipinski definition) is 7. The Morgan fingerprint density at radius 1 is 1.10 bits per heavy atom. The largest absolute Gasteiger partial charge is 0.465 e. The van der Waals surface area contributed by atoms with E-state index < -0.39 is 10.9 Å². The standard InChI is InChI=1S/C23H20N2O5S/c1-4-16-13-17(8-12-22(16)25(27)28)30-18-7-11-21(20(14-18)23(26)29-3)24-31-19-9-5-15(2)6-10-19/h4-14,24H,1H2,2-3H3. The van der Waals surface area contributed by atoms with Gasteiger partial charge in [-0.3, -0.25) is 10.1 Å². The molecule has 0 unspecified atom stereocenters. The molecule has 0 saturated carbocycles. The summed E-state index contributed by atoms with van der Waals surface area (Å²) in [5.74, 6) is 0.245. The van der Waals surface area contributed by atoms with Crippen LogP contribution < -0.4 is 9.46 Å². The summed E-state index contributed by atoms with van der Waals surface area (Å²) in [6, 6.07) is 17.3. The fourth-order valence-electron chi connectivity index (χ4n) is 2.74. The molecule has 3 aromatic carbocycles. The molecule has 0 fully saturated rings. The molecule has 0 aliphatic rings. The zero-order chi connectivity index (χ0) is 22.4. The number of rotatable bonds is 8. The summed E-state index contributed by atoms with van der Waals surface area (Å²) in [6.45, 7) is 5.61. The number of ether oxygens (including phenoxy) is 2. The van der Waals surface area contributed by atoms with E-state index in [9.17, 15) is 14.9 Å². The molecule has 0 atom stereocenters. The van der Waals surface area contributed by atoms with Crippen LogP contribution in [0.2, 0.25) is 0 Å². The number of anilines is 1. The molecule has 0 heterocycles. The molecule has 0 saturated heterocycles. The Morgan fingerprint density at radius 2 is 1.77 bits per heavy atom. The highest BCUT2D eigenvalue weighted by molar-refractivity contribution is 8.00. The normalized spacial score (nSPS) is 10.3. The van der Waals surface area contributed by atoms with E-state index in [-0.39, 0.29) is 5.69 Å². The molecule has 0 amide bonds. The van der Waals surface area contributed by atoms with Gasteiger partial charge in [0, 0.05) is 11.0 Å². The molecule has 31 heavy (non-hydrogen) atoms. The molecule has 3 aromatic rings. The maximum atomic E-state index is 12.3. The quantitative estimate of drug-likeness (QED) is 0.193. The molecule has 0 bridgehead atoms. The van der Waals surface area contributed by atoms with Gasteiger partial charge in [-0.05, 0) is 61.3 Å². The van der Waals surface area contributed by atoms with Crippen LogP contribution in [0.25, 0.3) is 6.08 Å². The summed E-state index contributed by atoms with van der Waals surface area (Å²) in [7, 11) is 1.31. The Hall–Kier alpha value is -3.78. The minimum atomic E-state index is -0.520. The number of carbonyl (C=O) groups is 1. The summed E-state index contributed by atoms with van der Waals surface area (Å²) in [6.07, 6.45) is 1.39. The first kappa shape index (κ1) is 21.9. The third-order valence-corrected chi connectivity index (χ3v) is 5.18. The monoisotopic (exact) mass is 436 g/mol. The Morgan fingerprint density at radius 3 is 2.42 bits per heavy atom. The molecule has 1 N–H and O–H groups in total. The van der Waals surface area contributed by atoms with E-state index in [0.717, 1.165) is 10.5 Å². The van der Waals surface area contributed by atoms with E-state index in [2.05, 4.69) is 11.3 Å². The van der Waals surface area contributed by atoms with E-state index in [4.69, 9.17) is 9.47 Å². The Bertz CT molecular complexity index is 1130. The van der Waals surface area contributed by atoms with Crippen LogP contribution in [0.3, 0.4) is 0 Å². The smallest absolute Gasteiger partial charge is 0.340 e. The number of nitrogens with zero attached hydrogens (tertiary/aromatic N) is 1. The lowest BCUT2D eigenvalue weighted by molar-refractivity contribution is -0.385. The first-order chi connectivity index (χ1) is 14.9. The number of hydrogen-bond donors (Lipinski definition) is 1. The van der Waals surface area contributed by atoms with Crippen molar-refractivity contribution in [2.75, 3.05) is 11.8 Å². The van der Waals surface area contributed by atoms with Crippen molar-refractivity contribution in [2.24, 2.45) is 0 Å². The maximum absolute atomic E-state index is 12.3. The SMILES string of the molecule is C=Cc1cc(Oc2ccc(NSc3ccc(C)cc3)c(C(=O)OC)c2)ccc1[N+](=O)[O-]. The van der Waals surface area contributed by atoms with Crippen molar-refractivity contribution in [1.29, 1.82) is 0 Å². The van der Waals surface area contributed by atoms with Crippen LogP contribution in [0.15, 0.2) is 72.1 Å². The van der Waals surface area contributed by atoms with Gasteiger partial charge in [0.05, 0.1) is 28.8 Å². The predicted molar refractivity (Wildman–Crippen MR) is 122 cm³/mol. The fraction of sp³-hybridized carbons (Fsp3) is 0.0870. The Balaban J connectivity index is 1.84. The Labute approximate surface area is 184 Å². The van der Waals surface area contributed by atoms with Crippen molar-refractivity contribution in [3.05, 3.63) is 94.0 Å². The lowest BCUT2D eigenvalue weighted by atomic mass is 10.1. The molecule has 7 nitrogen and oxygen atoms in total. The molecule has 3 rings (SSSR count). The van der Waals surface area contributed by atoms with Crippen LogP contribution in [0, 0.1) is 17.0 Å². The maximum Gasteiger partial charge on any atom is 0.340 e. The highest BCUT2D eigenvalue weighted by Crippen LogP contribution is 2.32. The van der Waals surface area contributed by atoms with Gasteiger partial charge in [-0.1, -0.05) is 30.4 Å². The number of aryl methyl sites for hydroxylation is 1. The van der Waals surface area contributed by atoms with Gasteiger partial charge in [-0.2, -0.15) is 0 Å². The van der Waals surface area contributed by atoms with E-state index >= 15 is 0 Å². The molecule has 0 aromatic heterocycles. The van der Waals surface area contributed by atoms with E-state index in [0.29, 0.717) is 28.3 Å². The fourth-order valence-corrected chi connectivity index (χ4v) is 3.41. The van der Waals surface area contributed by atoms with Crippen LogP contribution in [0.5, 0.6) is 11.5 Å². The van der Waals surface area contributed by atoms with Crippen molar-refractivity contribution in [2.45, 2.75) is 11.8 Å². The number of carbonyl (C=O) groups excluding carboxylic acids is 1. The van der Waals surface area contributed by atoms with Gasteiger partial charge in [0.1, 0.15) is 11.5 Å². The van der Waals surface area contributed by atoms with Gasteiger partial charge in [0.2, 0.25) is 0 Å². The summed E-state index contributed by atoms with van der Waals surface area (Å²) >= 11 is 1.37. The lowest BCUT2D eigenvalue weighted by Gasteiger charge is -2.13. The van der Waals surface area contributed by atoms with Gasteiger partial charge in [0.25, 0.3) is 5.69 Å². The van der Waals surface area contributed by atoms with Gasteiger partial charge >= 0.3 is 5.97 Å². The molecule has 8 heteroatoms. The molecular formula is C23H20N2O5S. The zero-order valence-electron chi connectivity index (χ0n) is 17.0. The number of methoxy groups -OCH3 is 1. The molecule has 0 aliphatic heterocycles. The molecule has 158 valence electrons. The van der Waals surface area contributed by atoms with Crippen LogP contribution in [-0.4, -0.2) is 18.0 Å².